The van der Waals surface area contributed by atoms with Gasteiger partial charge in [-0.3, -0.25) is 4.79 Å². The van der Waals surface area contributed by atoms with Crippen molar-refractivity contribution < 1.29 is 9.59 Å². The second-order valence-corrected chi connectivity index (χ2v) is 5.74. The molecule has 3 amide bonds. The fourth-order valence-electron chi connectivity index (χ4n) is 2.62. The van der Waals surface area contributed by atoms with Crippen LogP contribution in [0.2, 0.25) is 0 Å². The van der Waals surface area contributed by atoms with E-state index in [0.717, 1.165) is 18.4 Å². The molecule has 1 saturated heterocycles. The maximum absolute atomic E-state index is 12.4. The first-order valence-corrected chi connectivity index (χ1v) is 7.78. The van der Waals surface area contributed by atoms with E-state index in [1.54, 1.807) is 4.90 Å². The van der Waals surface area contributed by atoms with E-state index in [9.17, 15) is 9.59 Å². The molecule has 22 heavy (non-hydrogen) atoms. The molecule has 1 N–H and O–H groups in total. The molecule has 116 valence electrons. The van der Waals surface area contributed by atoms with E-state index in [0.29, 0.717) is 25.7 Å². The second kappa shape index (κ2) is 6.64. The average molecular weight is 299 g/mol. The predicted molar refractivity (Wildman–Crippen MR) is 85.2 cm³/mol. The maximum atomic E-state index is 12.4. The fraction of sp³-hybridized carbons (Fsp3) is 0.412. The lowest BCUT2D eigenvalue weighted by atomic mass is 10.2. The first kappa shape index (κ1) is 14.6. The van der Waals surface area contributed by atoms with E-state index in [1.807, 2.05) is 47.4 Å². The standard InChI is InChI=1S/C17H21N3O2/c21-16(13-19-12-10-18-17(19)22)20(15-8-9-15)11-4-7-14-5-2-1-3-6-14/h1-7,15H,8-13H2,(H,18,22)/b7-4+. The Morgan fingerprint density at radius 1 is 1.32 bits per heavy atom. The normalized spacial score (nSPS) is 17.8. The molecule has 0 bridgehead atoms. The van der Waals surface area contributed by atoms with Crippen LogP contribution in [0.1, 0.15) is 18.4 Å². The Bertz CT molecular complexity index is 567. The number of carbonyl (C=O) groups is 2. The van der Waals surface area contributed by atoms with E-state index in [-0.39, 0.29) is 18.5 Å². The molecule has 1 aromatic rings. The summed E-state index contributed by atoms with van der Waals surface area (Å²) >= 11 is 0. The monoisotopic (exact) mass is 299 g/mol. The van der Waals surface area contributed by atoms with Crippen molar-refractivity contribution in [2.24, 2.45) is 0 Å². The molecule has 0 spiro atoms. The topological polar surface area (TPSA) is 52.7 Å². The Labute approximate surface area is 130 Å². The molecule has 0 atom stereocenters. The van der Waals surface area contributed by atoms with Crippen LogP contribution in [0.25, 0.3) is 6.08 Å². The van der Waals surface area contributed by atoms with Crippen LogP contribution in [0.3, 0.4) is 0 Å². The van der Waals surface area contributed by atoms with Crippen molar-refractivity contribution in [3.8, 4) is 0 Å². The van der Waals surface area contributed by atoms with Crippen LogP contribution in [0, 0.1) is 0 Å². The lowest BCUT2D eigenvalue weighted by Gasteiger charge is -2.23. The number of rotatable bonds is 6. The van der Waals surface area contributed by atoms with Gasteiger partial charge in [0.15, 0.2) is 0 Å². The van der Waals surface area contributed by atoms with Crippen LogP contribution in [0.5, 0.6) is 0 Å². The quantitative estimate of drug-likeness (QED) is 0.869. The lowest BCUT2D eigenvalue weighted by Crippen LogP contribution is -2.42. The zero-order valence-electron chi connectivity index (χ0n) is 12.6. The molecule has 2 aliphatic rings. The summed E-state index contributed by atoms with van der Waals surface area (Å²) in [6.45, 7) is 2.03. The maximum Gasteiger partial charge on any atom is 0.317 e. The van der Waals surface area contributed by atoms with Gasteiger partial charge in [0.2, 0.25) is 5.91 Å². The molecule has 5 nitrogen and oxygen atoms in total. The number of hydrogen-bond acceptors (Lipinski definition) is 2. The van der Waals surface area contributed by atoms with Crippen LogP contribution < -0.4 is 5.32 Å². The first-order valence-electron chi connectivity index (χ1n) is 7.78. The minimum Gasteiger partial charge on any atom is -0.336 e. The highest BCUT2D eigenvalue weighted by Gasteiger charge is 2.33. The molecule has 3 rings (SSSR count). The van der Waals surface area contributed by atoms with Crippen LogP contribution >= 0.6 is 0 Å². The van der Waals surface area contributed by atoms with Crippen molar-refractivity contribution in [1.82, 2.24) is 15.1 Å². The van der Waals surface area contributed by atoms with Gasteiger partial charge in [-0.2, -0.15) is 0 Å². The van der Waals surface area contributed by atoms with Gasteiger partial charge in [0.25, 0.3) is 0 Å². The van der Waals surface area contributed by atoms with Crippen molar-refractivity contribution in [3.05, 3.63) is 42.0 Å². The van der Waals surface area contributed by atoms with Crippen molar-refractivity contribution >= 4 is 18.0 Å². The number of hydrogen-bond donors (Lipinski definition) is 1. The summed E-state index contributed by atoms with van der Waals surface area (Å²) in [5.41, 5.74) is 1.13. The number of urea groups is 1. The third kappa shape index (κ3) is 3.67. The Morgan fingerprint density at radius 2 is 2.09 bits per heavy atom. The van der Waals surface area contributed by atoms with E-state index in [2.05, 4.69) is 5.32 Å². The van der Waals surface area contributed by atoms with Crippen LogP contribution in [-0.2, 0) is 4.79 Å². The average Bonchev–Trinajstić information content (AvgIpc) is 3.29. The van der Waals surface area contributed by atoms with Crippen molar-refractivity contribution in [2.75, 3.05) is 26.2 Å². The Morgan fingerprint density at radius 3 is 2.73 bits per heavy atom. The molecule has 0 radical (unpaired) electrons. The van der Waals surface area contributed by atoms with Gasteiger partial charge in [0.05, 0.1) is 0 Å². The third-order valence-corrected chi connectivity index (χ3v) is 3.99. The molecule has 0 unspecified atom stereocenters. The number of amides is 3. The summed E-state index contributed by atoms with van der Waals surface area (Å²) in [5.74, 6) is 0.0391. The minimum atomic E-state index is -0.135. The van der Waals surface area contributed by atoms with Crippen LogP contribution in [0.4, 0.5) is 4.79 Å². The lowest BCUT2D eigenvalue weighted by molar-refractivity contribution is -0.131. The molecule has 1 aromatic carbocycles. The molecule has 1 saturated carbocycles. The largest absolute Gasteiger partial charge is 0.336 e. The summed E-state index contributed by atoms with van der Waals surface area (Å²) < 4.78 is 0. The number of nitrogens with zero attached hydrogens (tertiary/aromatic N) is 2. The van der Waals surface area contributed by atoms with Gasteiger partial charge in [0, 0.05) is 25.7 Å². The number of carbonyl (C=O) groups excluding carboxylic acids is 2. The second-order valence-electron chi connectivity index (χ2n) is 5.74. The third-order valence-electron chi connectivity index (χ3n) is 3.99. The molecular weight excluding hydrogens is 278 g/mol. The smallest absolute Gasteiger partial charge is 0.317 e. The molecule has 2 fully saturated rings. The highest BCUT2D eigenvalue weighted by Crippen LogP contribution is 2.27. The van der Waals surface area contributed by atoms with Gasteiger partial charge >= 0.3 is 6.03 Å². The van der Waals surface area contributed by atoms with E-state index >= 15 is 0 Å². The van der Waals surface area contributed by atoms with E-state index < -0.39 is 0 Å². The molecule has 1 heterocycles. The zero-order valence-corrected chi connectivity index (χ0v) is 12.6. The van der Waals surface area contributed by atoms with Gasteiger partial charge in [0.1, 0.15) is 6.54 Å². The molecule has 1 aliphatic carbocycles. The van der Waals surface area contributed by atoms with Gasteiger partial charge < -0.3 is 15.1 Å². The number of benzene rings is 1. The van der Waals surface area contributed by atoms with Crippen molar-refractivity contribution in [2.45, 2.75) is 18.9 Å². The molecule has 5 heteroatoms. The Balaban J connectivity index is 1.57. The molecule has 0 aromatic heterocycles. The summed E-state index contributed by atoms with van der Waals surface area (Å²) in [6.07, 6.45) is 6.19. The molecular formula is C17H21N3O2. The number of nitrogens with one attached hydrogen (secondary N) is 1. The summed E-state index contributed by atoms with van der Waals surface area (Å²) in [7, 11) is 0. The minimum absolute atomic E-state index is 0.0391. The van der Waals surface area contributed by atoms with Crippen molar-refractivity contribution in [3.63, 3.8) is 0 Å². The fourth-order valence-corrected chi connectivity index (χ4v) is 2.62. The van der Waals surface area contributed by atoms with Gasteiger partial charge in [-0.25, -0.2) is 4.79 Å². The highest BCUT2D eigenvalue weighted by atomic mass is 16.2. The van der Waals surface area contributed by atoms with Crippen molar-refractivity contribution in [1.29, 1.82) is 0 Å². The summed E-state index contributed by atoms with van der Waals surface area (Å²) in [5, 5.41) is 2.73. The van der Waals surface area contributed by atoms with Gasteiger partial charge in [-0.05, 0) is 18.4 Å². The first-order chi connectivity index (χ1) is 10.7. The Hall–Kier alpha value is -2.30. The van der Waals surface area contributed by atoms with Crippen LogP contribution in [-0.4, -0.2) is 54.0 Å². The van der Waals surface area contributed by atoms with E-state index in [4.69, 9.17) is 0 Å². The molecule has 1 aliphatic heterocycles. The van der Waals surface area contributed by atoms with E-state index in [1.165, 1.54) is 0 Å². The SMILES string of the molecule is O=C1NCCN1CC(=O)N(C/C=C/c1ccccc1)C1CC1. The van der Waals surface area contributed by atoms with Crippen LogP contribution in [0.15, 0.2) is 36.4 Å². The zero-order chi connectivity index (χ0) is 15.4. The van der Waals surface area contributed by atoms with Gasteiger partial charge in [-0.1, -0.05) is 42.5 Å². The summed E-state index contributed by atoms with van der Waals surface area (Å²) in [6, 6.07) is 10.3. The highest BCUT2D eigenvalue weighted by molar-refractivity contribution is 5.85. The summed E-state index contributed by atoms with van der Waals surface area (Å²) in [4.78, 5) is 27.5. The Kier molecular flexibility index (Phi) is 4.42. The predicted octanol–water partition coefficient (Wildman–Crippen LogP) is 1.72. The van der Waals surface area contributed by atoms with Gasteiger partial charge in [-0.15, -0.1) is 0 Å².